The highest BCUT2D eigenvalue weighted by Crippen LogP contribution is 2.27. The van der Waals surface area contributed by atoms with Crippen molar-refractivity contribution in [2.75, 3.05) is 11.1 Å². The second-order valence-electron chi connectivity index (χ2n) is 4.03. The van der Waals surface area contributed by atoms with Crippen molar-refractivity contribution >= 4 is 27.3 Å². The van der Waals surface area contributed by atoms with Crippen molar-refractivity contribution in [3.63, 3.8) is 0 Å². The smallest absolute Gasteiger partial charge is 0.139 e. The lowest BCUT2D eigenvalue weighted by Gasteiger charge is -2.20. The highest BCUT2D eigenvalue weighted by molar-refractivity contribution is 9.10. The fourth-order valence-electron chi connectivity index (χ4n) is 1.10. The lowest BCUT2D eigenvalue weighted by atomic mass is 10.1. The lowest BCUT2D eigenvalue weighted by molar-refractivity contribution is 0.560. The van der Waals surface area contributed by atoms with Gasteiger partial charge in [-0.3, -0.25) is 0 Å². The van der Waals surface area contributed by atoms with Gasteiger partial charge < -0.3 is 11.1 Å². The second kappa shape index (κ2) is 4.84. The summed E-state index contributed by atoms with van der Waals surface area (Å²) in [5, 5.41) is 3.26. The number of nitrogens with one attached hydrogen (secondary N) is 1. The summed E-state index contributed by atoms with van der Waals surface area (Å²) in [7, 11) is 0. The van der Waals surface area contributed by atoms with Gasteiger partial charge in [0.1, 0.15) is 5.82 Å². The molecule has 0 fully saturated rings. The minimum atomic E-state index is -0.338. The summed E-state index contributed by atoms with van der Waals surface area (Å²) in [6, 6.07) is 3.29. The average molecular weight is 275 g/mol. The standard InChI is InChI=1S/C11H16BrFN2/c1-6(2)7(3)15-11-4-8(12)9(13)5-10(11)14/h4-7,15H,14H2,1-3H3. The average Bonchev–Trinajstić information content (AvgIpc) is 2.13. The van der Waals surface area contributed by atoms with Crippen LogP contribution < -0.4 is 11.1 Å². The molecule has 1 aromatic carbocycles. The Morgan fingerprint density at radius 2 is 1.93 bits per heavy atom. The number of anilines is 2. The van der Waals surface area contributed by atoms with Crippen molar-refractivity contribution in [2.45, 2.75) is 26.8 Å². The number of hydrogen-bond donors (Lipinski definition) is 2. The van der Waals surface area contributed by atoms with Crippen LogP contribution in [-0.2, 0) is 0 Å². The summed E-state index contributed by atoms with van der Waals surface area (Å²) in [5.74, 6) is 0.156. The number of hydrogen-bond acceptors (Lipinski definition) is 2. The van der Waals surface area contributed by atoms with E-state index in [0.717, 1.165) is 5.69 Å². The van der Waals surface area contributed by atoms with Crippen LogP contribution in [0.15, 0.2) is 16.6 Å². The Kier molecular flexibility index (Phi) is 3.97. The van der Waals surface area contributed by atoms with Gasteiger partial charge in [0.2, 0.25) is 0 Å². The van der Waals surface area contributed by atoms with Gasteiger partial charge in [-0.1, -0.05) is 13.8 Å². The van der Waals surface area contributed by atoms with Crippen molar-refractivity contribution in [2.24, 2.45) is 5.92 Å². The van der Waals surface area contributed by atoms with Crippen molar-refractivity contribution in [3.8, 4) is 0 Å². The number of nitrogens with two attached hydrogens (primary N) is 1. The van der Waals surface area contributed by atoms with Crippen LogP contribution in [0.5, 0.6) is 0 Å². The fourth-order valence-corrected chi connectivity index (χ4v) is 1.44. The van der Waals surface area contributed by atoms with Crippen LogP contribution in [0.4, 0.5) is 15.8 Å². The van der Waals surface area contributed by atoms with E-state index >= 15 is 0 Å². The summed E-state index contributed by atoms with van der Waals surface area (Å²) < 4.78 is 13.5. The van der Waals surface area contributed by atoms with Crippen LogP contribution in [0.1, 0.15) is 20.8 Å². The first-order valence-corrected chi connectivity index (χ1v) is 5.72. The predicted molar refractivity (Wildman–Crippen MR) is 66.4 cm³/mol. The van der Waals surface area contributed by atoms with E-state index < -0.39 is 0 Å². The molecular weight excluding hydrogens is 259 g/mol. The van der Waals surface area contributed by atoms with Crippen LogP contribution in [0.25, 0.3) is 0 Å². The Labute approximate surface area is 98.2 Å². The van der Waals surface area contributed by atoms with E-state index in [-0.39, 0.29) is 5.82 Å². The highest BCUT2D eigenvalue weighted by Gasteiger charge is 2.10. The molecule has 15 heavy (non-hydrogen) atoms. The first kappa shape index (κ1) is 12.3. The first-order chi connectivity index (χ1) is 6.91. The van der Waals surface area contributed by atoms with Gasteiger partial charge in [-0.15, -0.1) is 0 Å². The Bertz CT molecular complexity index is 353. The molecule has 84 valence electrons. The molecule has 0 amide bonds. The van der Waals surface area contributed by atoms with E-state index in [0.29, 0.717) is 22.1 Å². The van der Waals surface area contributed by atoms with E-state index in [1.807, 2.05) is 0 Å². The number of halogens is 2. The Morgan fingerprint density at radius 1 is 1.33 bits per heavy atom. The molecule has 0 bridgehead atoms. The van der Waals surface area contributed by atoms with E-state index in [1.165, 1.54) is 6.07 Å². The molecule has 0 saturated carbocycles. The largest absolute Gasteiger partial charge is 0.397 e. The normalized spacial score (nSPS) is 12.9. The number of benzene rings is 1. The predicted octanol–water partition coefficient (Wildman–Crippen LogP) is 3.63. The van der Waals surface area contributed by atoms with Crippen LogP contribution in [0.2, 0.25) is 0 Å². The minimum Gasteiger partial charge on any atom is -0.397 e. The summed E-state index contributed by atoms with van der Waals surface area (Å²) in [6.07, 6.45) is 0. The zero-order valence-electron chi connectivity index (χ0n) is 9.14. The SMILES string of the molecule is CC(C)C(C)Nc1cc(Br)c(F)cc1N. The molecule has 2 nitrogen and oxygen atoms in total. The summed E-state index contributed by atoms with van der Waals surface area (Å²) in [4.78, 5) is 0. The quantitative estimate of drug-likeness (QED) is 0.827. The van der Waals surface area contributed by atoms with Crippen LogP contribution >= 0.6 is 15.9 Å². The van der Waals surface area contributed by atoms with Crippen molar-refractivity contribution in [3.05, 3.63) is 22.4 Å². The highest BCUT2D eigenvalue weighted by atomic mass is 79.9. The van der Waals surface area contributed by atoms with Gasteiger partial charge in [0.15, 0.2) is 0 Å². The molecule has 0 aromatic heterocycles. The topological polar surface area (TPSA) is 38.0 Å². The molecular formula is C11H16BrFN2. The molecule has 0 aliphatic carbocycles. The minimum absolute atomic E-state index is 0.296. The Morgan fingerprint density at radius 3 is 2.47 bits per heavy atom. The first-order valence-electron chi connectivity index (χ1n) is 4.93. The molecule has 0 saturated heterocycles. The molecule has 0 aliphatic heterocycles. The summed E-state index contributed by atoms with van der Waals surface area (Å²) in [6.45, 7) is 6.31. The third-order valence-electron chi connectivity index (χ3n) is 2.48. The number of rotatable bonds is 3. The zero-order valence-corrected chi connectivity index (χ0v) is 10.7. The molecule has 0 aliphatic rings. The van der Waals surface area contributed by atoms with Gasteiger partial charge in [-0.25, -0.2) is 4.39 Å². The third-order valence-corrected chi connectivity index (χ3v) is 3.08. The van der Waals surface area contributed by atoms with Crippen molar-refractivity contribution < 1.29 is 4.39 Å². The van der Waals surface area contributed by atoms with Crippen molar-refractivity contribution in [1.29, 1.82) is 0 Å². The van der Waals surface area contributed by atoms with Crippen LogP contribution in [0, 0.1) is 11.7 Å². The van der Waals surface area contributed by atoms with E-state index in [1.54, 1.807) is 6.07 Å². The fraction of sp³-hybridized carbons (Fsp3) is 0.455. The maximum Gasteiger partial charge on any atom is 0.139 e. The van der Waals surface area contributed by atoms with Gasteiger partial charge in [-0.2, -0.15) is 0 Å². The van der Waals surface area contributed by atoms with Crippen LogP contribution in [0.3, 0.4) is 0 Å². The monoisotopic (exact) mass is 274 g/mol. The van der Waals surface area contributed by atoms with Crippen LogP contribution in [-0.4, -0.2) is 6.04 Å². The summed E-state index contributed by atoms with van der Waals surface area (Å²) in [5.41, 5.74) is 6.92. The molecule has 1 atom stereocenters. The number of nitrogen functional groups attached to an aromatic ring is 1. The molecule has 3 N–H and O–H groups in total. The molecule has 4 heteroatoms. The Hall–Kier alpha value is -0.770. The summed E-state index contributed by atoms with van der Waals surface area (Å²) >= 11 is 3.14. The lowest BCUT2D eigenvalue weighted by Crippen LogP contribution is -2.22. The zero-order chi connectivity index (χ0) is 11.6. The molecule has 0 radical (unpaired) electrons. The van der Waals surface area contributed by atoms with Gasteiger partial charge in [0.25, 0.3) is 0 Å². The third kappa shape index (κ3) is 3.09. The Balaban J connectivity index is 2.91. The maximum atomic E-state index is 13.1. The second-order valence-corrected chi connectivity index (χ2v) is 4.88. The van der Waals surface area contributed by atoms with E-state index in [9.17, 15) is 4.39 Å². The van der Waals surface area contributed by atoms with Gasteiger partial charge in [-0.05, 0) is 34.8 Å². The van der Waals surface area contributed by atoms with E-state index in [4.69, 9.17) is 5.73 Å². The van der Waals surface area contributed by atoms with Crippen molar-refractivity contribution in [1.82, 2.24) is 0 Å². The van der Waals surface area contributed by atoms with E-state index in [2.05, 4.69) is 42.0 Å². The molecule has 1 unspecified atom stereocenters. The molecule has 0 heterocycles. The van der Waals surface area contributed by atoms with Gasteiger partial charge in [0.05, 0.1) is 15.8 Å². The maximum absolute atomic E-state index is 13.1. The molecule has 0 spiro atoms. The molecule has 1 aromatic rings. The van der Waals surface area contributed by atoms with Gasteiger partial charge in [0, 0.05) is 12.1 Å². The molecule has 1 rings (SSSR count). The van der Waals surface area contributed by atoms with Gasteiger partial charge >= 0.3 is 0 Å².